The summed E-state index contributed by atoms with van der Waals surface area (Å²) in [4.78, 5) is 0. The third-order valence-electron chi connectivity index (χ3n) is 3.11. The number of para-hydroxylation sites is 1. The van der Waals surface area contributed by atoms with Crippen molar-refractivity contribution in [3.05, 3.63) is 60.2 Å². The molecule has 0 aliphatic carbocycles. The summed E-state index contributed by atoms with van der Waals surface area (Å²) in [5.41, 5.74) is 7.37. The lowest BCUT2D eigenvalue weighted by Crippen LogP contribution is -2.03. The quantitative estimate of drug-likeness (QED) is 0.727. The van der Waals surface area contributed by atoms with Gasteiger partial charge in [0.2, 0.25) is 0 Å². The lowest BCUT2D eigenvalue weighted by atomic mass is 10.1. The molecular weight excluding hydrogens is 255 g/mol. The van der Waals surface area contributed by atoms with Crippen molar-refractivity contribution in [3.8, 4) is 17.1 Å². The second kappa shape index (κ2) is 4.77. The molecule has 3 aromatic rings. The summed E-state index contributed by atoms with van der Waals surface area (Å²) in [5.74, 6) is 0.674. The average Bonchev–Trinajstić information content (AvgIpc) is 2.81. The summed E-state index contributed by atoms with van der Waals surface area (Å²) in [5, 5.41) is 8.12. The summed E-state index contributed by atoms with van der Waals surface area (Å²) in [6.07, 6.45) is 0. The maximum absolute atomic E-state index is 14.1. The highest BCUT2D eigenvalue weighted by atomic mass is 19.1. The molecule has 0 atom stereocenters. The number of anilines is 1. The van der Waals surface area contributed by atoms with Gasteiger partial charge >= 0.3 is 0 Å². The maximum Gasteiger partial charge on any atom is 0.173 e. The van der Waals surface area contributed by atoms with Gasteiger partial charge in [0.1, 0.15) is 11.6 Å². The van der Waals surface area contributed by atoms with Gasteiger partial charge in [0.05, 0.1) is 5.56 Å². The molecule has 1 aromatic heterocycles. The van der Waals surface area contributed by atoms with E-state index in [0.29, 0.717) is 17.3 Å². The molecule has 1 heterocycles. The summed E-state index contributed by atoms with van der Waals surface area (Å²) >= 11 is 0. The number of nitrogen functional groups attached to an aromatic ring is 1. The molecule has 100 valence electrons. The first-order chi connectivity index (χ1) is 9.68. The highest BCUT2D eigenvalue weighted by Crippen LogP contribution is 2.29. The standard InChI is InChI=1S/C15H13FN4/c1-10-18-19-15(14-12(16)8-5-9-13(14)17)20(10)11-6-3-2-4-7-11/h2-9H,17H2,1H3. The minimum atomic E-state index is -0.408. The Morgan fingerprint density at radius 1 is 1.00 bits per heavy atom. The van der Waals surface area contributed by atoms with Gasteiger partial charge in [-0.2, -0.15) is 0 Å². The molecule has 4 nitrogen and oxygen atoms in total. The monoisotopic (exact) mass is 268 g/mol. The van der Waals surface area contributed by atoms with Crippen LogP contribution in [0.1, 0.15) is 5.82 Å². The van der Waals surface area contributed by atoms with Crippen LogP contribution in [0.3, 0.4) is 0 Å². The number of aryl methyl sites for hydroxylation is 1. The van der Waals surface area contributed by atoms with Crippen molar-refractivity contribution in [2.45, 2.75) is 6.92 Å². The van der Waals surface area contributed by atoms with Gasteiger partial charge in [0.15, 0.2) is 5.82 Å². The molecule has 0 amide bonds. The molecule has 2 aromatic carbocycles. The molecule has 0 bridgehead atoms. The van der Waals surface area contributed by atoms with Gasteiger partial charge in [-0.1, -0.05) is 24.3 Å². The lowest BCUT2D eigenvalue weighted by molar-refractivity contribution is 0.630. The maximum atomic E-state index is 14.1. The number of benzene rings is 2. The third-order valence-corrected chi connectivity index (χ3v) is 3.11. The van der Waals surface area contributed by atoms with Crippen LogP contribution < -0.4 is 5.73 Å². The SMILES string of the molecule is Cc1nnc(-c2c(N)cccc2F)n1-c1ccccc1. The van der Waals surface area contributed by atoms with E-state index in [9.17, 15) is 4.39 Å². The summed E-state index contributed by atoms with van der Waals surface area (Å²) in [6, 6.07) is 14.1. The van der Waals surface area contributed by atoms with Crippen molar-refractivity contribution < 1.29 is 4.39 Å². The zero-order valence-electron chi connectivity index (χ0n) is 10.9. The van der Waals surface area contributed by atoms with Gasteiger partial charge in [-0.25, -0.2) is 4.39 Å². The molecule has 0 unspecified atom stereocenters. The highest BCUT2D eigenvalue weighted by Gasteiger charge is 2.18. The number of hydrogen-bond donors (Lipinski definition) is 1. The number of rotatable bonds is 2. The van der Waals surface area contributed by atoms with E-state index < -0.39 is 5.82 Å². The van der Waals surface area contributed by atoms with Gasteiger partial charge in [0.25, 0.3) is 0 Å². The van der Waals surface area contributed by atoms with Crippen LogP contribution in [-0.2, 0) is 0 Å². The molecule has 0 radical (unpaired) electrons. The van der Waals surface area contributed by atoms with Gasteiger partial charge < -0.3 is 5.73 Å². The average molecular weight is 268 g/mol. The van der Waals surface area contributed by atoms with E-state index in [0.717, 1.165) is 5.69 Å². The van der Waals surface area contributed by atoms with Crippen molar-refractivity contribution in [2.75, 3.05) is 5.73 Å². The number of halogens is 1. The molecule has 0 saturated heterocycles. The number of nitrogens with two attached hydrogens (primary N) is 1. The fourth-order valence-corrected chi connectivity index (χ4v) is 2.19. The van der Waals surface area contributed by atoms with E-state index in [2.05, 4.69) is 10.2 Å². The molecule has 0 saturated carbocycles. The summed E-state index contributed by atoms with van der Waals surface area (Å²) in [7, 11) is 0. The molecule has 2 N–H and O–H groups in total. The fourth-order valence-electron chi connectivity index (χ4n) is 2.19. The van der Waals surface area contributed by atoms with E-state index in [1.807, 2.05) is 37.3 Å². The van der Waals surface area contributed by atoms with Crippen molar-refractivity contribution >= 4 is 5.69 Å². The molecule has 0 spiro atoms. The molecular formula is C15H13FN4. The second-order valence-corrected chi connectivity index (χ2v) is 4.45. The number of hydrogen-bond acceptors (Lipinski definition) is 3. The molecule has 0 fully saturated rings. The van der Waals surface area contributed by atoms with E-state index in [1.54, 1.807) is 16.7 Å². The third kappa shape index (κ3) is 1.93. The van der Waals surface area contributed by atoms with Crippen LogP contribution in [0.25, 0.3) is 17.1 Å². The minimum absolute atomic E-state index is 0.275. The number of aromatic nitrogens is 3. The molecule has 5 heteroatoms. The number of nitrogens with zero attached hydrogens (tertiary/aromatic N) is 3. The minimum Gasteiger partial charge on any atom is -0.398 e. The van der Waals surface area contributed by atoms with Gasteiger partial charge in [0, 0.05) is 11.4 Å². The van der Waals surface area contributed by atoms with E-state index in [-0.39, 0.29) is 5.56 Å². The van der Waals surface area contributed by atoms with Gasteiger partial charge in [-0.05, 0) is 31.2 Å². The normalized spacial score (nSPS) is 10.7. The Morgan fingerprint density at radius 3 is 2.45 bits per heavy atom. The zero-order valence-corrected chi connectivity index (χ0v) is 10.9. The summed E-state index contributed by atoms with van der Waals surface area (Å²) < 4.78 is 15.9. The van der Waals surface area contributed by atoms with E-state index >= 15 is 0 Å². The van der Waals surface area contributed by atoms with E-state index in [4.69, 9.17) is 5.73 Å². The fraction of sp³-hybridized carbons (Fsp3) is 0.0667. The first-order valence-electron chi connectivity index (χ1n) is 6.20. The molecule has 20 heavy (non-hydrogen) atoms. The molecule has 0 aliphatic rings. The zero-order chi connectivity index (χ0) is 14.1. The first-order valence-corrected chi connectivity index (χ1v) is 6.20. The van der Waals surface area contributed by atoms with Crippen LogP contribution in [0.2, 0.25) is 0 Å². The first kappa shape index (κ1) is 12.3. The Morgan fingerprint density at radius 2 is 1.75 bits per heavy atom. The van der Waals surface area contributed by atoms with Crippen LogP contribution in [0.4, 0.5) is 10.1 Å². The topological polar surface area (TPSA) is 56.7 Å². The molecule has 0 aliphatic heterocycles. The molecule has 3 rings (SSSR count). The summed E-state index contributed by atoms with van der Waals surface area (Å²) in [6.45, 7) is 1.82. The van der Waals surface area contributed by atoms with E-state index in [1.165, 1.54) is 6.07 Å². The van der Waals surface area contributed by atoms with Gasteiger partial charge in [-0.15, -0.1) is 10.2 Å². The largest absolute Gasteiger partial charge is 0.398 e. The smallest absolute Gasteiger partial charge is 0.173 e. The van der Waals surface area contributed by atoms with Crippen LogP contribution in [0, 0.1) is 12.7 Å². The second-order valence-electron chi connectivity index (χ2n) is 4.45. The van der Waals surface area contributed by atoms with Crippen molar-refractivity contribution in [1.82, 2.24) is 14.8 Å². The van der Waals surface area contributed by atoms with Gasteiger partial charge in [-0.3, -0.25) is 4.57 Å². The van der Waals surface area contributed by atoms with Crippen molar-refractivity contribution in [2.24, 2.45) is 0 Å². The Balaban J connectivity index is 2.27. The van der Waals surface area contributed by atoms with Crippen molar-refractivity contribution in [1.29, 1.82) is 0 Å². The van der Waals surface area contributed by atoms with Crippen LogP contribution in [-0.4, -0.2) is 14.8 Å². The predicted octanol–water partition coefficient (Wildman–Crippen LogP) is 2.96. The Kier molecular flexibility index (Phi) is 2.95. The van der Waals surface area contributed by atoms with Crippen LogP contribution >= 0.6 is 0 Å². The van der Waals surface area contributed by atoms with Crippen LogP contribution in [0.5, 0.6) is 0 Å². The Bertz CT molecular complexity index is 730. The highest BCUT2D eigenvalue weighted by molar-refractivity contribution is 5.73. The lowest BCUT2D eigenvalue weighted by Gasteiger charge is -2.10. The predicted molar refractivity (Wildman–Crippen MR) is 75.9 cm³/mol. The van der Waals surface area contributed by atoms with Crippen molar-refractivity contribution in [3.63, 3.8) is 0 Å². The van der Waals surface area contributed by atoms with Crippen LogP contribution in [0.15, 0.2) is 48.5 Å². The Hall–Kier alpha value is -2.69. The Labute approximate surface area is 115 Å².